The molecule has 2 aromatic rings. The number of unbranched alkanes of at least 4 members (excludes halogenated alkanes) is 1. The molecule has 5 heteroatoms. The van der Waals surface area contributed by atoms with Crippen molar-refractivity contribution in [1.29, 1.82) is 0 Å². The van der Waals surface area contributed by atoms with E-state index in [1.807, 2.05) is 9.47 Å². The number of esters is 1. The normalized spacial score (nSPS) is 14.1. The van der Waals surface area contributed by atoms with Crippen LogP contribution in [0, 0.1) is 13.8 Å². The van der Waals surface area contributed by atoms with E-state index in [-0.39, 0.29) is 18.4 Å². The van der Waals surface area contributed by atoms with E-state index in [1.54, 1.807) is 0 Å². The summed E-state index contributed by atoms with van der Waals surface area (Å²) in [5, 5.41) is 1.09. The number of benzene rings is 1. The van der Waals surface area contributed by atoms with Crippen molar-refractivity contribution in [2.45, 2.75) is 46.6 Å². The predicted molar refractivity (Wildman–Crippen MR) is 97.9 cm³/mol. The Balaban J connectivity index is 2.19. The van der Waals surface area contributed by atoms with Crippen LogP contribution in [0.1, 0.15) is 46.9 Å². The molecule has 2 heterocycles. The van der Waals surface area contributed by atoms with Gasteiger partial charge in [0.15, 0.2) is 0 Å². The summed E-state index contributed by atoms with van der Waals surface area (Å²) in [7, 11) is 1.38. The summed E-state index contributed by atoms with van der Waals surface area (Å²) >= 11 is 0. The zero-order valence-corrected chi connectivity index (χ0v) is 15.5. The third-order valence-corrected chi connectivity index (χ3v) is 5.27. The maximum absolute atomic E-state index is 13.1. The molecule has 0 bridgehead atoms. The molecule has 1 aromatic heterocycles. The lowest BCUT2D eigenvalue weighted by atomic mass is 10.00. The Morgan fingerprint density at radius 2 is 2.04 bits per heavy atom. The highest BCUT2D eigenvalue weighted by atomic mass is 16.5. The van der Waals surface area contributed by atoms with E-state index in [9.17, 15) is 9.59 Å². The van der Waals surface area contributed by atoms with E-state index >= 15 is 0 Å². The van der Waals surface area contributed by atoms with Gasteiger partial charge in [0, 0.05) is 18.5 Å². The lowest BCUT2D eigenvalue weighted by Crippen LogP contribution is -2.39. The zero-order valence-electron chi connectivity index (χ0n) is 15.5. The Labute approximate surface area is 148 Å². The molecule has 1 aliphatic heterocycles. The van der Waals surface area contributed by atoms with Gasteiger partial charge in [-0.15, -0.1) is 0 Å². The first-order valence-electron chi connectivity index (χ1n) is 8.97. The SMILES string of the molecule is CCCCN1CCc2c(n(CC(=O)OC)c3c(C)c(C)ccc23)C1=O. The van der Waals surface area contributed by atoms with Crippen LogP contribution in [0.25, 0.3) is 10.9 Å². The number of carbonyl (C=O) groups excluding carboxylic acids is 2. The molecule has 1 aromatic carbocycles. The highest BCUT2D eigenvalue weighted by Gasteiger charge is 2.32. The molecule has 5 nitrogen and oxygen atoms in total. The first-order chi connectivity index (χ1) is 12.0. The van der Waals surface area contributed by atoms with Crippen LogP contribution in [0.15, 0.2) is 12.1 Å². The smallest absolute Gasteiger partial charge is 0.325 e. The van der Waals surface area contributed by atoms with Crippen LogP contribution < -0.4 is 0 Å². The quantitative estimate of drug-likeness (QED) is 0.784. The number of aromatic nitrogens is 1. The van der Waals surface area contributed by atoms with Crippen molar-refractivity contribution < 1.29 is 14.3 Å². The van der Waals surface area contributed by atoms with Crippen molar-refractivity contribution in [2.24, 2.45) is 0 Å². The molecule has 0 radical (unpaired) electrons. The third kappa shape index (κ3) is 2.92. The lowest BCUT2D eigenvalue weighted by Gasteiger charge is -2.28. The van der Waals surface area contributed by atoms with Gasteiger partial charge >= 0.3 is 5.97 Å². The fourth-order valence-corrected chi connectivity index (χ4v) is 3.70. The second-order valence-electron chi connectivity index (χ2n) is 6.79. The van der Waals surface area contributed by atoms with Crippen LogP contribution in [0.5, 0.6) is 0 Å². The molecule has 0 spiro atoms. The number of nitrogens with zero attached hydrogens (tertiary/aromatic N) is 2. The van der Waals surface area contributed by atoms with Crippen LogP contribution in [-0.2, 0) is 22.5 Å². The molecule has 0 saturated carbocycles. The number of hydrogen-bond acceptors (Lipinski definition) is 3. The van der Waals surface area contributed by atoms with E-state index in [1.165, 1.54) is 7.11 Å². The molecule has 25 heavy (non-hydrogen) atoms. The van der Waals surface area contributed by atoms with Gasteiger partial charge in [-0.05, 0) is 43.4 Å². The molecular formula is C20H26N2O3. The Bertz CT molecular complexity index is 835. The summed E-state index contributed by atoms with van der Waals surface area (Å²) in [6.45, 7) is 7.82. The van der Waals surface area contributed by atoms with Crippen molar-refractivity contribution in [3.63, 3.8) is 0 Å². The minimum Gasteiger partial charge on any atom is -0.468 e. The Morgan fingerprint density at radius 1 is 1.28 bits per heavy atom. The van der Waals surface area contributed by atoms with Crippen LogP contribution in [0.2, 0.25) is 0 Å². The molecule has 0 aliphatic carbocycles. The summed E-state index contributed by atoms with van der Waals surface area (Å²) in [5.41, 5.74) is 4.99. The average Bonchev–Trinajstić information content (AvgIpc) is 2.92. The number of aryl methyl sites for hydroxylation is 2. The summed E-state index contributed by atoms with van der Waals surface area (Å²) in [4.78, 5) is 27.0. The molecule has 0 saturated heterocycles. The van der Waals surface area contributed by atoms with Crippen LogP contribution in [0.3, 0.4) is 0 Å². The van der Waals surface area contributed by atoms with Gasteiger partial charge in [-0.1, -0.05) is 25.5 Å². The Hall–Kier alpha value is -2.30. The van der Waals surface area contributed by atoms with Gasteiger partial charge in [0.25, 0.3) is 5.91 Å². The number of ether oxygens (including phenoxy) is 1. The summed E-state index contributed by atoms with van der Waals surface area (Å²) < 4.78 is 6.75. The molecular weight excluding hydrogens is 316 g/mol. The number of rotatable bonds is 5. The number of methoxy groups -OCH3 is 1. The second-order valence-corrected chi connectivity index (χ2v) is 6.79. The van der Waals surface area contributed by atoms with Crippen molar-refractivity contribution in [2.75, 3.05) is 20.2 Å². The maximum Gasteiger partial charge on any atom is 0.325 e. The highest BCUT2D eigenvalue weighted by molar-refractivity contribution is 6.04. The van der Waals surface area contributed by atoms with Crippen molar-refractivity contribution >= 4 is 22.8 Å². The van der Waals surface area contributed by atoms with E-state index in [2.05, 4.69) is 32.9 Å². The number of hydrogen-bond donors (Lipinski definition) is 0. The van der Waals surface area contributed by atoms with Gasteiger partial charge in [-0.3, -0.25) is 9.59 Å². The van der Waals surface area contributed by atoms with Gasteiger partial charge in [0.1, 0.15) is 12.2 Å². The highest BCUT2D eigenvalue weighted by Crippen LogP contribution is 2.34. The first-order valence-corrected chi connectivity index (χ1v) is 8.97. The summed E-state index contributed by atoms with van der Waals surface area (Å²) in [6.07, 6.45) is 2.88. The van der Waals surface area contributed by atoms with Crippen molar-refractivity contribution in [1.82, 2.24) is 9.47 Å². The van der Waals surface area contributed by atoms with E-state index in [0.29, 0.717) is 5.69 Å². The molecule has 1 aliphatic rings. The maximum atomic E-state index is 13.1. The standard InChI is InChI=1S/C20H26N2O3/c1-5-6-10-21-11-9-16-15-8-7-13(2)14(3)18(15)22(12-17(23)25-4)19(16)20(21)24/h7-8H,5-6,9-12H2,1-4H3. The molecule has 1 amide bonds. The molecule has 134 valence electrons. The number of amides is 1. The van der Waals surface area contributed by atoms with Crippen molar-refractivity contribution in [3.8, 4) is 0 Å². The van der Waals surface area contributed by atoms with E-state index in [0.717, 1.165) is 59.9 Å². The number of fused-ring (bicyclic) bond motifs is 3. The zero-order chi connectivity index (χ0) is 18.1. The van der Waals surface area contributed by atoms with Gasteiger partial charge in [0.05, 0.1) is 12.6 Å². The van der Waals surface area contributed by atoms with Crippen LogP contribution >= 0.6 is 0 Å². The molecule has 3 rings (SSSR count). The second kappa shape index (κ2) is 6.90. The van der Waals surface area contributed by atoms with Crippen molar-refractivity contribution in [3.05, 3.63) is 34.5 Å². The minimum atomic E-state index is -0.334. The predicted octanol–water partition coefficient (Wildman–Crippen LogP) is 3.23. The topological polar surface area (TPSA) is 51.5 Å². The minimum absolute atomic E-state index is 0.0341. The largest absolute Gasteiger partial charge is 0.468 e. The number of carbonyl (C=O) groups is 2. The van der Waals surface area contributed by atoms with Crippen LogP contribution in [-0.4, -0.2) is 41.5 Å². The monoisotopic (exact) mass is 342 g/mol. The fourth-order valence-electron chi connectivity index (χ4n) is 3.70. The average molecular weight is 342 g/mol. The van der Waals surface area contributed by atoms with Gasteiger partial charge < -0.3 is 14.2 Å². The van der Waals surface area contributed by atoms with Gasteiger partial charge in [-0.2, -0.15) is 0 Å². The molecule has 0 unspecified atom stereocenters. The van der Waals surface area contributed by atoms with Crippen LogP contribution in [0.4, 0.5) is 0 Å². The fraction of sp³-hybridized carbons (Fsp3) is 0.500. The first kappa shape index (κ1) is 17.5. The molecule has 0 fully saturated rings. The summed E-state index contributed by atoms with van der Waals surface area (Å²) in [5.74, 6) is -0.300. The van der Waals surface area contributed by atoms with E-state index in [4.69, 9.17) is 4.74 Å². The third-order valence-electron chi connectivity index (χ3n) is 5.27. The Morgan fingerprint density at radius 3 is 2.72 bits per heavy atom. The van der Waals surface area contributed by atoms with Gasteiger partial charge in [0.2, 0.25) is 0 Å². The molecule has 0 atom stereocenters. The summed E-state index contributed by atoms with van der Waals surface area (Å²) in [6, 6.07) is 4.17. The molecule has 0 N–H and O–H groups in total. The Kier molecular flexibility index (Phi) is 4.84. The lowest BCUT2D eigenvalue weighted by molar-refractivity contribution is -0.141. The van der Waals surface area contributed by atoms with Gasteiger partial charge in [-0.25, -0.2) is 0 Å². The van der Waals surface area contributed by atoms with E-state index < -0.39 is 0 Å².